The zero-order chi connectivity index (χ0) is 10.7. The van der Waals surface area contributed by atoms with Crippen molar-refractivity contribution in [2.45, 2.75) is 50.8 Å². The van der Waals surface area contributed by atoms with Crippen LogP contribution in [0.3, 0.4) is 0 Å². The molecule has 0 amide bonds. The van der Waals surface area contributed by atoms with Gasteiger partial charge in [-0.05, 0) is 0 Å². The van der Waals surface area contributed by atoms with Gasteiger partial charge >= 0.3 is 90.9 Å². The Balaban J connectivity index is 2.90. The van der Waals surface area contributed by atoms with Crippen LogP contribution in [0.1, 0.15) is 33.1 Å². The second-order valence-corrected chi connectivity index (χ2v) is 33.4. The van der Waals surface area contributed by atoms with Crippen molar-refractivity contribution in [3.8, 4) is 0 Å². The predicted octanol–water partition coefficient (Wildman–Crippen LogP) is 5.27. The maximum absolute atomic E-state index is 2.67. The summed E-state index contributed by atoms with van der Waals surface area (Å²) in [5.74, 6) is 0. The zero-order valence-corrected chi connectivity index (χ0v) is 13.9. The molecule has 81 valence electrons. The molecule has 0 nitrogen and oxygen atoms in total. The van der Waals surface area contributed by atoms with Crippen LogP contribution in [-0.2, 0) is 18.5 Å². The standard InChI is InChI=1S/C5H5.2C3H7.2CH3.Hf/c1-2-4-5-3-1;2*1-3-2;;;/h1-3H,4H2;2*1,3H2,2H3;2*1H3;. The molecular formula is C13H25Hf. The van der Waals surface area contributed by atoms with Gasteiger partial charge in [-0.2, -0.15) is 0 Å². The molecule has 0 heterocycles. The summed E-state index contributed by atoms with van der Waals surface area (Å²) in [7, 11) is 0. The molecule has 1 aliphatic carbocycles. The first kappa shape index (κ1) is 12.4. The molecule has 1 rings (SSSR count). The molecule has 0 saturated carbocycles. The first-order valence-electron chi connectivity index (χ1n) is 6.09. The summed E-state index contributed by atoms with van der Waals surface area (Å²) in [5, 5.41) is 0. The SMILES string of the molecule is CC[CH2][Hf]([CH3])([CH3])([CH2]CC)[C]1=CC=CC1. The molecule has 0 atom stereocenters. The van der Waals surface area contributed by atoms with Gasteiger partial charge in [0, 0.05) is 0 Å². The van der Waals surface area contributed by atoms with Crippen molar-refractivity contribution < 1.29 is 18.5 Å². The summed E-state index contributed by atoms with van der Waals surface area (Å²) in [5.41, 5.74) is 0. The third-order valence-electron chi connectivity index (χ3n) is 3.97. The Hall–Kier alpha value is 0.350. The van der Waals surface area contributed by atoms with E-state index in [1.54, 1.807) is 0 Å². The quantitative estimate of drug-likeness (QED) is 0.586. The van der Waals surface area contributed by atoms with Gasteiger partial charge in [0.15, 0.2) is 0 Å². The van der Waals surface area contributed by atoms with Crippen LogP contribution in [0.15, 0.2) is 21.6 Å². The Morgan fingerprint density at radius 1 is 1.14 bits per heavy atom. The van der Waals surface area contributed by atoms with E-state index in [1.807, 2.05) is 3.33 Å². The second-order valence-electron chi connectivity index (χ2n) is 5.84. The van der Waals surface area contributed by atoms with Gasteiger partial charge in [-0.15, -0.1) is 0 Å². The molecule has 1 heteroatoms. The topological polar surface area (TPSA) is 0 Å². The van der Waals surface area contributed by atoms with Crippen LogP contribution in [0.5, 0.6) is 0 Å². The summed E-state index contributed by atoms with van der Waals surface area (Å²) in [4.78, 5) is 0. The first-order valence-corrected chi connectivity index (χ1v) is 20.2. The van der Waals surface area contributed by atoms with Crippen molar-refractivity contribution in [1.29, 1.82) is 0 Å². The molecule has 0 aromatic heterocycles. The first-order chi connectivity index (χ1) is 6.52. The molecule has 0 radical (unpaired) electrons. The number of allylic oxidation sites excluding steroid dienone is 4. The van der Waals surface area contributed by atoms with E-state index in [1.165, 1.54) is 27.6 Å². The molecule has 0 N–H and O–H groups in total. The summed E-state index contributed by atoms with van der Waals surface area (Å²) in [6.45, 7) is 4.70. The molecule has 0 fully saturated rings. The van der Waals surface area contributed by atoms with Crippen LogP contribution in [0.2, 0.25) is 17.7 Å². The summed E-state index contributed by atoms with van der Waals surface area (Å²) in [6, 6.07) is 0. The van der Waals surface area contributed by atoms with E-state index in [0.717, 1.165) is 0 Å². The molecular weight excluding hydrogens is 335 g/mol. The second kappa shape index (κ2) is 4.47. The van der Waals surface area contributed by atoms with Gasteiger partial charge in [0.25, 0.3) is 0 Å². The van der Waals surface area contributed by atoms with Crippen LogP contribution in [0.4, 0.5) is 0 Å². The molecule has 0 spiro atoms. The van der Waals surface area contributed by atoms with Gasteiger partial charge in [0.2, 0.25) is 0 Å². The fourth-order valence-corrected chi connectivity index (χ4v) is 23.2. The van der Waals surface area contributed by atoms with Crippen molar-refractivity contribution >= 4 is 0 Å². The van der Waals surface area contributed by atoms with Gasteiger partial charge in [-0.25, -0.2) is 0 Å². The van der Waals surface area contributed by atoms with Crippen LogP contribution < -0.4 is 0 Å². The van der Waals surface area contributed by atoms with Crippen molar-refractivity contribution in [3.05, 3.63) is 21.6 Å². The predicted molar refractivity (Wildman–Crippen MR) is 63.8 cm³/mol. The Bertz CT molecular complexity index is 248. The fourth-order valence-electron chi connectivity index (χ4n) is 3.13. The third kappa shape index (κ3) is 2.48. The summed E-state index contributed by atoms with van der Waals surface area (Å²) < 4.78 is 10.2. The van der Waals surface area contributed by atoms with E-state index in [9.17, 15) is 0 Å². The van der Waals surface area contributed by atoms with Crippen molar-refractivity contribution in [1.82, 2.24) is 0 Å². The number of hydrogen-bond donors (Lipinski definition) is 0. The molecule has 0 saturated heterocycles. The Labute approximate surface area is 90.6 Å². The van der Waals surface area contributed by atoms with Crippen molar-refractivity contribution in [3.63, 3.8) is 0 Å². The van der Waals surface area contributed by atoms with Crippen LogP contribution in [0, 0.1) is 0 Å². The average molecular weight is 360 g/mol. The average Bonchev–Trinajstić information content (AvgIpc) is 2.56. The molecule has 0 aromatic carbocycles. The van der Waals surface area contributed by atoms with E-state index in [2.05, 4.69) is 41.4 Å². The Morgan fingerprint density at radius 3 is 2.07 bits per heavy atom. The van der Waals surface area contributed by atoms with Gasteiger partial charge in [0.1, 0.15) is 0 Å². The normalized spacial score (nSPS) is 19.1. The zero-order valence-electron chi connectivity index (χ0n) is 10.3. The maximum atomic E-state index is 2.67. The van der Waals surface area contributed by atoms with E-state index in [4.69, 9.17) is 0 Å². The third-order valence-corrected chi connectivity index (χ3v) is 28.3. The minimum atomic E-state index is -2.54. The van der Waals surface area contributed by atoms with E-state index in [0.29, 0.717) is 0 Å². The summed E-state index contributed by atoms with van der Waals surface area (Å²) >= 11 is -2.54. The van der Waals surface area contributed by atoms with Gasteiger partial charge < -0.3 is 0 Å². The van der Waals surface area contributed by atoms with E-state index >= 15 is 0 Å². The van der Waals surface area contributed by atoms with Crippen LogP contribution in [0.25, 0.3) is 0 Å². The molecule has 0 unspecified atom stereocenters. The van der Waals surface area contributed by atoms with Crippen LogP contribution >= 0.6 is 0 Å². The van der Waals surface area contributed by atoms with Gasteiger partial charge in [0.05, 0.1) is 0 Å². The van der Waals surface area contributed by atoms with Crippen molar-refractivity contribution in [2.24, 2.45) is 0 Å². The number of rotatable bonds is 5. The van der Waals surface area contributed by atoms with Gasteiger partial charge in [-0.3, -0.25) is 0 Å². The molecule has 14 heavy (non-hydrogen) atoms. The molecule has 0 aromatic rings. The fraction of sp³-hybridized carbons (Fsp3) is 0.692. The molecule has 1 aliphatic rings. The van der Waals surface area contributed by atoms with Crippen LogP contribution in [-0.4, -0.2) is 0 Å². The molecule has 0 bridgehead atoms. The minimum absolute atomic E-state index is 1.27. The van der Waals surface area contributed by atoms with Crippen molar-refractivity contribution in [2.75, 3.05) is 0 Å². The van der Waals surface area contributed by atoms with E-state index < -0.39 is 18.5 Å². The number of hydrogen-bond acceptors (Lipinski definition) is 0. The Morgan fingerprint density at radius 2 is 1.71 bits per heavy atom. The molecule has 0 aliphatic heterocycles. The van der Waals surface area contributed by atoms with E-state index in [-0.39, 0.29) is 0 Å². The monoisotopic (exact) mass is 361 g/mol. The van der Waals surface area contributed by atoms with Gasteiger partial charge in [-0.1, -0.05) is 0 Å². The Kier molecular flexibility index (Phi) is 3.96. The summed E-state index contributed by atoms with van der Waals surface area (Å²) in [6.07, 6.45) is 11.1.